The van der Waals surface area contributed by atoms with Gasteiger partial charge in [0.1, 0.15) is 5.82 Å². The molecule has 0 amide bonds. The van der Waals surface area contributed by atoms with Gasteiger partial charge in [-0.3, -0.25) is 11.3 Å². The minimum absolute atomic E-state index is 0.184. The van der Waals surface area contributed by atoms with E-state index in [9.17, 15) is 4.39 Å². The third-order valence-electron chi connectivity index (χ3n) is 3.55. The molecule has 0 heterocycles. The van der Waals surface area contributed by atoms with Gasteiger partial charge in [0.25, 0.3) is 0 Å². The second-order valence-electron chi connectivity index (χ2n) is 5.04. The van der Waals surface area contributed by atoms with Crippen molar-refractivity contribution in [3.05, 3.63) is 34.1 Å². The van der Waals surface area contributed by atoms with Gasteiger partial charge in [-0.05, 0) is 43.0 Å². The van der Waals surface area contributed by atoms with Crippen LogP contribution in [0.3, 0.4) is 0 Å². The third kappa shape index (κ3) is 4.74. The number of hydrogen-bond donors (Lipinski definition) is 2. The highest BCUT2D eigenvalue weighted by molar-refractivity contribution is 9.10. The predicted molar refractivity (Wildman–Crippen MR) is 83.6 cm³/mol. The fraction of sp³-hybridized carbons (Fsp3) is 0.571. The van der Waals surface area contributed by atoms with Crippen LogP contribution >= 0.6 is 27.7 Å². The summed E-state index contributed by atoms with van der Waals surface area (Å²) < 4.78 is 14.2. The molecular weight excluding hydrogens is 327 g/mol. The van der Waals surface area contributed by atoms with E-state index in [-0.39, 0.29) is 11.9 Å². The van der Waals surface area contributed by atoms with E-state index in [0.29, 0.717) is 0 Å². The summed E-state index contributed by atoms with van der Waals surface area (Å²) in [5.74, 6) is 6.40. The Labute approximate surface area is 126 Å². The first-order chi connectivity index (χ1) is 9.19. The Bertz CT molecular complexity index is 410. The third-order valence-corrected chi connectivity index (χ3v) is 5.86. The summed E-state index contributed by atoms with van der Waals surface area (Å²) >= 11 is 5.46. The lowest BCUT2D eigenvalue weighted by Gasteiger charge is -2.18. The maximum atomic E-state index is 13.3. The van der Waals surface area contributed by atoms with Crippen LogP contribution in [0.15, 0.2) is 22.7 Å². The summed E-state index contributed by atoms with van der Waals surface area (Å²) in [6.45, 7) is 0. The van der Waals surface area contributed by atoms with Crippen molar-refractivity contribution in [2.45, 2.75) is 43.4 Å². The molecule has 5 heteroatoms. The lowest BCUT2D eigenvalue weighted by Crippen LogP contribution is -2.39. The molecule has 2 rings (SSSR count). The maximum Gasteiger partial charge on any atom is 0.123 e. The van der Waals surface area contributed by atoms with Crippen LogP contribution in [0, 0.1) is 5.82 Å². The Hall–Kier alpha value is -0.100. The van der Waals surface area contributed by atoms with Crippen LogP contribution in [0.25, 0.3) is 0 Å². The number of benzene rings is 1. The van der Waals surface area contributed by atoms with Gasteiger partial charge in [-0.25, -0.2) is 4.39 Å². The van der Waals surface area contributed by atoms with E-state index >= 15 is 0 Å². The van der Waals surface area contributed by atoms with Gasteiger partial charge in [0.2, 0.25) is 0 Å². The molecule has 1 aromatic rings. The number of hydrazine groups is 1. The molecule has 0 radical (unpaired) electrons. The second-order valence-corrected chi connectivity index (χ2v) is 7.23. The number of hydrogen-bond acceptors (Lipinski definition) is 3. The molecule has 1 unspecified atom stereocenters. The molecule has 19 heavy (non-hydrogen) atoms. The molecule has 3 N–H and O–H groups in total. The van der Waals surface area contributed by atoms with Crippen molar-refractivity contribution in [2.24, 2.45) is 5.84 Å². The van der Waals surface area contributed by atoms with Gasteiger partial charge >= 0.3 is 0 Å². The lowest BCUT2D eigenvalue weighted by atomic mass is 10.1. The van der Waals surface area contributed by atoms with Gasteiger partial charge in [0.15, 0.2) is 0 Å². The molecule has 1 aliphatic carbocycles. The summed E-state index contributed by atoms with van der Waals surface area (Å²) in [4.78, 5) is 0. The fourth-order valence-corrected chi connectivity index (χ4v) is 4.23. The topological polar surface area (TPSA) is 38.0 Å². The van der Waals surface area contributed by atoms with E-state index in [1.807, 2.05) is 11.8 Å². The van der Waals surface area contributed by atoms with E-state index in [1.165, 1.54) is 31.7 Å². The van der Waals surface area contributed by atoms with Crippen LogP contribution in [-0.4, -0.2) is 17.0 Å². The Morgan fingerprint density at radius 2 is 2.16 bits per heavy atom. The molecule has 0 saturated heterocycles. The average Bonchev–Trinajstić information content (AvgIpc) is 2.91. The van der Waals surface area contributed by atoms with Crippen molar-refractivity contribution >= 4 is 27.7 Å². The predicted octanol–water partition coefficient (Wildman–Crippen LogP) is 3.64. The highest BCUT2D eigenvalue weighted by atomic mass is 79.9. The molecule has 106 valence electrons. The quantitative estimate of drug-likeness (QED) is 0.610. The monoisotopic (exact) mass is 346 g/mol. The Morgan fingerprint density at radius 3 is 2.84 bits per heavy atom. The van der Waals surface area contributed by atoms with Crippen LogP contribution in [-0.2, 0) is 6.42 Å². The standard InChI is InChI=1S/C14H20BrFN2S/c15-14-6-5-11(16)7-10(14)8-12(18-17)9-19-13-3-1-2-4-13/h5-7,12-13,18H,1-4,8-9,17H2. The van der Waals surface area contributed by atoms with Crippen molar-refractivity contribution in [2.75, 3.05) is 5.75 Å². The zero-order valence-electron chi connectivity index (χ0n) is 10.9. The molecule has 0 aliphatic heterocycles. The SMILES string of the molecule is NNC(CSC1CCCC1)Cc1cc(F)ccc1Br. The van der Waals surface area contributed by atoms with Gasteiger partial charge < -0.3 is 0 Å². The van der Waals surface area contributed by atoms with E-state index in [2.05, 4.69) is 21.4 Å². The highest BCUT2D eigenvalue weighted by Crippen LogP contribution is 2.30. The first kappa shape index (κ1) is 15.3. The van der Waals surface area contributed by atoms with Gasteiger partial charge in [0.05, 0.1) is 0 Å². The Kier molecular flexibility index (Phi) is 6.13. The van der Waals surface area contributed by atoms with Crippen molar-refractivity contribution in [3.8, 4) is 0 Å². The summed E-state index contributed by atoms with van der Waals surface area (Å²) in [6, 6.07) is 4.98. The minimum atomic E-state index is -0.197. The van der Waals surface area contributed by atoms with Crippen LogP contribution in [0.5, 0.6) is 0 Å². The first-order valence-corrected chi connectivity index (χ1v) is 8.55. The smallest absolute Gasteiger partial charge is 0.123 e. The lowest BCUT2D eigenvalue weighted by molar-refractivity contribution is 0.568. The van der Waals surface area contributed by atoms with Gasteiger partial charge in [-0.1, -0.05) is 28.8 Å². The molecular formula is C14H20BrFN2S. The molecule has 0 spiro atoms. The fourth-order valence-electron chi connectivity index (χ4n) is 2.44. The molecule has 1 atom stereocenters. The highest BCUT2D eigenvalue weighted by Gasteiger charge is 2.18. The van der Waals surface area contributed by atoms with E-state index < -0.39 is 0 Å². The number of thioether (sulfide) groups is 1. The molecule has 1 saturated carbocycles. The summed E-state index contributed by atoms with van der Waals surface area (Å²) in [5.41, 5.74) is 3.82. The van der Waals surface area contributed by atoms with Crippen LogP contribution < -0.4 is 11.3 Å². The van der Waals surface area contributed by atoms with Crippen LogP contribution in [0.2, 0.25) is 0 Å². The second kappa shape index (κ2) is 7.62. The number of halogens is 2. The number of rotatable bonds is 6. The van der Waals surface area contributed by atoms with Crippen LogP contribution in [0.1, 0.15) is 31.2 Å². The van der Waals surface area contributed by atoms with Gasteiger partial charge in [-0.2, -0.15) is 11.8 Å². The molecule has 0 aromatic heterocycles. The Morgan fingerprint density at radius 1 is 1.42 bits per heavy atom. The van der Waals surface area contributed by atoms with Crippen LogP contribution in [0.4, 0.5) is 4.39 Å². The maximum absolute atomic E-state index is 13.3. The van der Waals surface area contributed by atoms with E-state index in [0.717, 1.165) is 27.5 Å². The zero-order valence-corrected chi connectivity index (χ0v) is 13.3. The summed E-state index contributed by atoms with van der Waals surface area (Å²) in [5, 5.41) is 0.784. The van der Waals surface area contributed by atoms with Gasteiger partial charge in [0, 0.05) is 21.5 Å². The Balaban J connectivity index is 1.88. The molecule has 1 aliphatic rings. The van der Waals surface area contributed by atoms with E-state index in [4.69, 9.17) is 5.84 Å². The van der Waals surface area contributed by atoms with Crippen molar-refractivity contribution in [1.29, 1.82) is 0 Å². The minimum Gasteiger partial charge on any atom is -0.271 e. The first-order valence-electron chi connectivity index (χ1n) is 6.70. The normalized spacial score (nSPS) is 17.8. The zero-order chi connectivity index (χ0) is 13.7. The molecule has 1 aromatic carbocycles. The molecule has 1 fully saturated rings. The van der Waals surface area contributed by atoms with E-state index in [1.54, 1.807) is 12.1 Å². The van der Waals surface area contributed by atoms with Crippen molar-refractivity contribution in [3.63, 3.8) is 0 Å². The van der Waals surface area contributed by atoms with Crippen molar-refractivity contribution in [1.82, 2.24) is 5.43 Å². The molecule has 0 bridgehead atoms. The van der Waals surface area contributed by atoms with Crippen molar-refractivity contribution < 1.29 is 4.39 Å². The van der Waals surface area contributed by atoms with Gasteiger partial charge in [-0.15, -0.1) is 0 Å². The summed E-state index contributed by atoms with van der Waals surface area (Å²) in [7, 11) is 0. The molecule has 2 nitrogen and oxygen atoms in total. The number of nitrogens with one attached hydrogen (secondary N) is 1. The largest absolute Gasteiger partial charge is 0.271 e. The number of nitrogens with two attached hydrogens (primary N) is 1. The average molecular weight is 347 g/mol. The summed E-state index contributed by atoms with van der Waals surface area (Å²) in [6.07, 6.45) is 6.10.